The van der Waals surface area contributed by atoms with Gasteiger partial charge in [0, 0.05) is 37.6 Å². The molecule has 0 atom stereocenters. The predicted octanol–water partition coefficient (Wildman–Crippen LogP) is 3.36. The van der Waals surface area contributed by atoms with Crippen molar-refractivity contribution in [1.29, 1.82) is 0 Å². The lowest BCUT2D eigenvalue weighted by molar-refractivity contribution is 0.0941. The number of ether oxygens (including phenoxy) is 1. The van der Waals surface area contributed by atoms with Gasteiger partial charge in [0.05, 0.1) is 0 Å². The van der Waals surface area contributed by atoms with Crippen LogP contribution in [0.15, 0.2) is 18.2 Å². The van der Waals surface area contributed by atoms with Crippen molar-refractivity contribution in [3.05, 3.63) is 29.3 Å². The summed E-state index contributed by atoms with van der Waals surface area (Å²) in [5.74, 6) is -0.00923. The minimum Gasteiger partial charge on any atom is -0.385 e. The Morgan fingerprint density at radius 2 is 1.95 bits per heavy atom. The van der Waals surface area contributed by atoms with Crippen molar-refractivity contribution >= 4 is 11.6 Å². The first-order valence-electron chi connectivity index (χ1n) is 7.89. The second-order valence-corrected chi connectivity index (χ2v) is 5.18. The normalized spacial score (nSPS) is 10.4. The van der Waals surface area contributed by atoms with Crippen LogP contribution in [0.3, 0.4) is 0 Å². The highest BCUT2D eigenvalue weighted by Crippen LogP contribution is 2.15. The zero-order valence-electron chi connectivity index (χ0n) is 13.5. The molecule has 0 aromatic heterocycles. The molecule has 0 radical (unpaired) electrons. The van der Waals surface area contributed by atoms with Gasteiger partial charge in [-0.1, -0.05) is 13.8 Å². The first kappa shape index (κ1) is 17.5. The summed E-state index contributed by atoms with van der Waals surface area (Å²) in [7, 11) is 0. The molecule has 0 bridgehead atoms. The van der Waals surface area contributed by atoms with Gasteiger partial charge in [-0.15, -0.1) is 0 Å². The first-order chi connectivity index (χ1) is 10.2. The van der Waals surface area contributed by atoms with Crippen molar-refractivity contribution in [2.45, 2.75) is 40.0 Å². The Bertz CT molecular complexity index is 433. The summed E-state index contributed by atoms with van der Waals surface area (Å²) >= 11 is 0. The molecule has 0 heterocycles. The van der Waals surface area contributed by atoms with Crippen LogP contribution in [0.1, 0.15) is 49.0 Å². The maximum Gasteiger partial charge on any atom is 0.251 e. The van der Waals surface area contributed by atoms with Crippen LogP contribution in [0.4, 0.5) is 5.69 Å². The highest BCUT2D eigenvalue weighted by Gasteiger charge is 2.08. The molecule has 0 aliphatic heterocycles. The molecule has 118 valence electrons. The third-order valence-electron chi connectivity index (χ3n) is 3.15. The van der Waals surface area contributed by atoms with Crippen LogP contribution in [0.2, 0.25) is 0 Å². The molecule has 4 nitrogen and oxygen atoms in total. The smallest absolute Gasteiger partial charge is 0.251 e. The number of hydrogen-bond acceptors (Lipinski definition) is 3. The van der Waals surface area contributed by atoms with Crippen LogP contribution in [0, 0.1) is 6.92 Å². The Balaban J connectivity index is 2.39. The van der Waals surface area contributed by atoms with Crippen molar-refractivity contribution in [2.24, 2.45) is 0 Å². The molecule has 0 saturated heterocycles. The van der Waals surface area contributed by atoms with Gasteiger partial charge in [-0.2, -0.15) is 0 Å². The monoisotopic (exact) mass is 292 g/mol. The van der Waals surface area contributed by atoms with Crippen molar-refractivity contribution in [2.75, 3.05) is 31.6 Å². The standard InChI is InChI=1S/C17H28N2O2/c1-4-9-18-15-7-8-16(14(3)13-15)17(20)19-10-6-12-21-11-5-2/h7-8,13,18H,4-6,9-12H2,1-3H3,(H,19,20). The minimum absolute atomic E-state index is 0.00923. The van der Waals surface area contributed by atoms with E-state index in [1.54, 1.807) is 0 Å². The molecule has 0 unspecified atom stereocenters. The van der Waals surface area contributed by atoms with Crippen LogP contribution in [-0.4, -0.2) is 32.2 Å². The number of benzene rings is 1. The van der Waals surface area contributed by atoms with Crippen molar-refractivity contribution in [3.8, 4) is 0 Å². The minimum atomic E-state index is -0.00923. The zero-order valence-corrected chi connectivity index (χ0v) is 13.5. The SMILES string of the molecule is CCCNc1ccc(C(=O)NCCCOCCC)c(C)c1. The molecule has 1 amide bonds. The summed E-state index contributed by atoms with van der Waals surface area (Å²) in [5.41, 5.74) is 2.81. The summed E-state index contributed by atoms with van der Waals surface area (Å²) in [6.45, 7) is 9.28. The van der Waals surface area contributed by atoms with Crippen LogP contribution in [0.5, 0.6) is 0 Å². The number of carbonyl (C=O) groups excluding carboxylic acids is 1. The molecule has 1 rings (SSSR count). The van der Waals surface area contributed by atoms with Gasteiger partial charge in [0.1, 0.15) is 0 Å². The molecule has 0 fully saturated rings. The van der Waals surface area contributed by atoms with E-state index in [0.29, 0.717) is 13.2 Å². The molecule has 1 aromatic carbocycles. The van der Waals surface area contributed by atoms with E-state index in [2.05, 4.69) is 24.5 Å². The Labute approximate surface area is 128 Å². The van der Waals surface area contributed by atoms with E-state index < -0.39 is 0 Å². The van der Waals surface area contributed by atoms with Crippen molar-refractivity contribution in [1.82, 2.24) is 5.32 Å². The van der Waals surface area contributed by atoms with Gasteiger partial charge in [-0.25, -0.2) is 0 Å². The van der Waals surface area contributed by atoms with Gasteiger partial charge in [-0.05, 0) is 49.9 Å². The molecular weight excluding hydrogens is 264 g/mol. The number of hydrogen-bond donors (Lipinski definition) is 2. The summed E-state index contributed by atoms with van der Waals surface area (Å²) in [4.78, 5) is 12.1. The van der Waals surface area contributed by atoms with E-state index in [-0.39, 0.29) is 5.91 Å². The molecule has 2 N–H and O–H groups in total. The first-order valence-corrected chi connectivity index (χ1v) is 7.89. The summed E-state index contributed by atoms with van der Waals surface area (Å²) in [6.07, 6.45) is 2.96. The Hall–Kier alpha value is -1.55. The fraction of sp³-hybridized carbons (Fsp3) is 0.588. The molecule has 0 aliphatic rings. The zero-order chi connectivity index (χ0) is 15.5. The van der Waals surface area contributed by atoms with Crippen LogP contribution in [0.25, 0.3) is 0 Å². The van der Waals surface area contributed by atoms with Crippen LogP contribution < -0.4 is 10.6 Å². The second-order valence-electron chi connectivity index (χ2n) is 5.18. The Kier molecular flexibility index (Phi) is 8.51. The highest BCUT2D eigenvalue weighted by molar-refractivity contribution is 5.96. The largest absolute Gasteiger partial charge is 0.385 e. The lowest BCUT2D eigenvalue weighted by atomic mass is 10.1. The van der Waals surface area contributed by atoms with Gasteiger partial charge >= 0.3 is 0 Å². The van der Waals surface area contributed by atoms with Crippen molar-refractivity contribution in [3.63, 3.8) is 0 Å². The number of carbonyl (C=O) groups is 1. The van der Waals surface area contributed by atoms with Crippen LogP contribution >= 0.6 is 0 Å². The fourth-order valence-electron chi connectivity index (χ4n) is 2.02. The van der Waals surface area contributed by atoms with Gasteiger partial charge in [0.25, 0.3) is 5.91 Å². The lowest BCUT2D eigenvalue weighted by Gasteiger charge is -2.10. The Morgan fingerprint density at radius 1 is 1.14 bits per heavy atom. The lowest BCUT2D eigenvalue weighted by Crippen LogP contribution is -2.26. The molecule has 0 saturated carbocycles. The third-order valence-corrected chi connectivity index (χ3v) is 3.15. The van der Waals surface area contributed by atoms with Gasteiger partial charge < -0.3 is 15.4 Å². The number of aryl methyl sites for hydroxylation is 1. The molecular formula is C17H28N2O2. The molecule has 21 heavy (non-hydrogen) atoms. The Morgan fingerprint density at radius 3 is 2.62 bits per heavy atom. The number of nitrogens with one attached hydrogen (secondary N) is 2. The quantitative estimate of drug-likeness (QED) is 0.650. The predicted molar refractivity (Wildman–Crippen MR) is 88.0 cm³/mol. The van der Waals surface area contributed by atoms with Crippen molar-refractivity contribution < 1.29 is 9.53 Å². The summed E-state index contributed by atoms with van der Waals surface area (Å²) < 4.78 is 5.39. The maximum atomic E-state index is 12.1. The van der Waals surface area contributed by atoms with E-state index in [4.69, 9.17) is 4.74 Å². The van der Waals surface area contributed by atoms with E-state index in [1.165, 1.54) is 0 Å². The number of amides is 1. The third kappa shape index (κ3) is 6.63. The van der Waals surface area contributed by atoms with E-state index >= 15 is 0 Å². The van der Waals surface area contributed by atoms with E-state index in [1.807, 2.05) is 25.1 Å². The topological polar surface area (TPSA) is 50.4 Å². The molecule has 1 aromatic rings. The summed E-state index contributed by atoms with van der Waals surface area (Å²) in [5, 5.41) is 6.26. The van der Waals surface area contributed by atoms with Gasteiger partial charge in [-0.3, -0.25) is 4.79 Å². The highest BCUT2D eigenvalue weighted by atomic mass is 16.5. The van der Waals surface area contributed by atoms with Gasteiger partial charge in [0.15, 0.2) is 0 Å². The average Bonchev–Trinajstić information content (AvgIpc) is 2.48. The molecule has 0 spiro atoms. The van der Waals surface area contributed by atoms with E-state index in [0.717, 1.165) is 49.2 Å². The number of rotatable bonds is 10. The van der Waals surface area contributed by atoms with Gasteiger partial charge in [0.2, 0.25) is 0 Å². The number of anilines is 1. The average molecular weight is 292 g/mol. The van der Waals surface area contributed by atoms with Crippen LogP contribution in [-0.2, 0) is 4.74 Å². The maximum absolute atomic E-state index is 12.1. The molecule has 4 heteroatoms. The molecule has 0 aliphatic carbocycles. The second kappa shape index (κ2) is 10.2. The van der Waals surface area contributed by atoms with E-state index in [9.17, 15) is 4.79 Å². The fourth-order valence-corrected chi connectivity index (χ4v) is 2.02. The summed E-state index contributed by atoms with van der Waals surface area (Å²) in [6, 6.07) is 5.87.